The molecule has 1 heterocycles. The van der Waals surface area contributed by atoms with Gasteiger partial charge < -0.3 is 4.74 Å². The molecule has 0 N–H and O–H groups in total. The summed E-state index contributed by atoms with van der Waals surface area (Å²) in [5.74, 6) is 1.07. The van der Waals surface area contributed by atoms with Crippen LogP contribution in [0.25, 0.3) is 0 Å². The molecule has 2 rings (SSSR count). The highest BCUT2D eigenvalue weighted by atomic mass is 16.5. The molecule has 0 saturated carbocycles. The predicted molar refractivity (Wildman–Crippen MR) is 49.5 cm³/mol. The fraction of sp³-hybridized carbons (Fsp3) is 0.455. The van der Waals surface area contributed by atoms with Gasteiger partial charge in [0.1, 0.15) is 11.4 Å². The Kier molecular flexibility index (Phi) is 1.60. The van der Waals surface area contributed by atoms with Crippen molar-refractivity contribution in [3.63, 3.8) is 0 Å². The first-order valence-electron chi connectivity index (χ1n) is 4.50. The molecule has 1 aliphatic heterocycles. The number of fused-ring (bicyclic) bond motifs is 1. The largest absolute Gasteiger partial charge is 0.487 e. The lowest BCUT2D eigenvalue weighted by Crippen LogP contribution is -2.28. The fourth-order valence-electron chi connectivity index (χ4n) is 1.65. The van der Waals surface area contributed by atoms with Crippen LogP contribution in [0.1, 0.15) is 25.8 Å². The van der Waals surface area contributed by atoms with Gasteiger partial charge in [-0.3, -0.25) is 0 Å². The Bertz CT molecular complexity index is 266. The maximum absolute atomic E-state index is 5.84. The van der Waals surface area contributed by atoms with Gasteiger partial charge in [-0.15, -0.1) is 0 Å². The third-order valence-corrected chi connectivity index (χ3v) is 2.64. The second-order valence-corrected chi connectivity index (χ2v) is 3.69. The van der Waals surface area contributed by atoms with Crippen molar-refractivity contribution in [1.82, 2.24) is 0 Å². The molecule has 0 spiro atoms. The average Bonchev–Trinajstić information content (AvgIpc) is 2.42. The summed E-state index contributed by atoms with van der Waals surface area (Å²) >= 11 is 0. The van der Waals surface area contributed by atoms with Crippen molar-refractivity contribution in [3.8, 4) is 5.75 Å². The lowest BCUT2D eigenvalue weighted by molar-refractivity contribution is 0.112. The summed E-state index contributed by atoms with van der Waals surface area (Å²) in [6.07, 6.45) is 2.13. The van der Waals surface area contributed by atoms with Gasteiger partial charge in [0.2, 0.25) is 0 Å². The smallest absolute Gasteiger partial charge is 0.123 e. The molecule has 64 valence electrons. The van der Waals surface area contributed by atoms with Crippen molar-refractivity contribution in [2.24, 2.45) is 0 Å². The van der Waals surface area contributed by atoms with Crippen LogP contribution in [0, 0.1) is 0 Å². The molecule has 0 bridgehead atoms. The van der Waals surface area contributed by atoms with Gasteiger partial charge in [-0.1, -0.05) is 25.1 Å². The first-order valence-corrected chi connectivity index (χ1v) is 4.50. The van der Waals surface area contributed by atoms with Gasteiger partial charge in [0.25, 0.3) is 0 Å². The molecule has 1 aromatic rings. The standard InChI is InChI=1S/C11H14O/c1-3-11(2)8-9-6-4-5-7-10(9)12-11/h4-7H,3,8H2,1-2H3. The summed E-state index contributed by atoms with van der Waals surface area (Å²) in [7, 11) is 0. The predicted octanol–water partition coefficient (Wildman–Crippen LogP) is 2.79. The molecule has 0 amide bonds. The number of para-hydroxylation sites is 1. The van der Waals surface area contributed by atoms with Crippen molar-refractivity contribution in [2.75, 3.05) is 0 Å². The molecule has 1 atom stereocenters. The Morgan fingerprint density at radius 1 is 1.42 bits per heavy atom. The van der Waals surface area contributed by atoms with Crippen LogP contribution in [0.5, 0.6) is 5.75 Å². The van der Waals surface area contributed by atoms with Crippen LogP contribution in [0.3, 0.4) is 0 Å². The second-order valence-electron chi connectivity index (χ2n) is 3.69. The minimum Gasteiger partial charge on any atom is -0.487 e. The SMILES string of the molecule is CCC1(C)Cc2ccccc2O1. The van der Waals surface area contributed by atoms with Crippen molar-refractivity contribution < 1.29 is 4.74 Å². The summed E-state index contributed by atoms with van der Waals surface area (Å²) in [6, 6.07) is 8.30. The quantitative estimate of drug-likeness (QED) is 0.617. The maximum Gasteiger partial charge on any atom is 0.123 e. The summed E-state index contributed by atoms with van der Waals surface area (Å²) in [5, 5.41) is 0. The van der Waals surface area contributed by atoms with Crippen LogP contribution >= 0.6 is 0 Å². The zero-order valence-electron chi connectivity index (χ0n) is 7.63. The van der Waals surface area contributed by atoms with E-state index >= 15 is 0 Å². The van der Waals surface area contributed by atoms with Gasteiger partial charge in [-0.05, 0) is 25.0 Å². The summed E-state index contributed by atoms with van der Waals surface area (Å²) in [6.45, 7) is 4.35. The van der Waals surface area contributed by atoms with E-state index in [0.29, 0.717) is 0 Å². The number of ether oxygens (including phenoxy) is 1. The zero-order chi connectivity index (χ0) is 8.60. The van der Waals surface area contributed by atoms with E-state index < -0.39 is 0 Å². The molecule has 0 fully saturated rings. The molecule has 0 aliphatic carbocycles. The lowest BCUT2D eigenvalue weighted by atomic mass is 9.97. The van der Waals surface area contributed by atoms with Gasteiger partial charge in [0.05, 0.1) is 0 Å². The van der Waals surface area contributed by atoms with Crippen LogP contribution < -0.4 is 4.74 Å². The Morgan fingerprint density at radius 2 is 2.17 bits per heavy atom. The van der Waals surface area contributed by atoms with E-state index in [0.717, 1.165) is 18.6 Å². The Labute approximate surface area is 73.4 Å². The van der Waals surface area contributed by atoms with E-state index in [1.807, 2.05) is 6.07 Å². The molecule has 1 aromatic carbocycles. The maximum atomic E-state index is 5.84. The normalized spacial score (nSPS) is 26.5. The lowest BCUT2D eigenvalue weighted by Gasteiger charge is -2.21. The minimum absolute atomic E-state index is 0.0453. The fourth-order valence-corrected chi connectivity index (χ4v) is 1.65. The van der Waals surface area contributed by atoms with Gasteiger partial charge in [0.15, 0.2) is 0 Å². The van der Waals surface area contributed by atoms with Crippen LogP contribution in [-0.4, -0.2) is 5.60 Å². The van der Waals surface area contributed by atoms with E-state index in [-0.39, 0.29) is 5.60 Å². The Balaban J connectivity index is 2.33. The van der Waals surface area contributed by atoms with Crippen LogP contribution in [0.2, 0.25) is 0 Å². The number of benzene rings is 1. The highest BCUT2D eigenvalue weighted by Gasteiger charge is 2.32. The molecular weight excluding hydrogens is 148 g/mol. The van der Waals surface area contributed by atoms with Crippen LogP contribution in [0.15, 0.2) is 24.3 Å². The Hall–Kier alpha value is -0.980. The van der Waals surface area contributed by atoms with Crippen molar-refractivity contribution in [1.29, 1.82) is 0 Å². The molecular formula is C11H14O. The van der Waals surface area contributed by atoms with E-state index in [1.54, 1.807) is 0 Å². The van der Waals surface area contributed by atoms with Gasteiger partial charge in [0, 0.05) is 6.42 Å². The molecule has 12 heavy (non-hydrogen) atoms. The highest BCUT2D eigenvalue weighted by Crippen LogP contribution is 2.36. The van der Waals surface area contributed by atoms with Gasteiger partial charge >= 0.3 is 0 Å². The average molecular weight is 162 g/mol. The van der Waals surface area contributed by atoms with Gasteiger partial charge in [-0.25, -0.2) is 0 Å². The van der Waals surface area contributed by atoms with E-state index in [9.17, 15) is 0 Å². The second kappa shape index (κ2) is 2.51. The topological polar surface area (TPSA) is 9.23 Å². The Morgan fingerprint density at radius 3 is 2.83 bits per heavy atom. The first kappa shape index (κ1) is 7.66. The monoisotopic (exact) mass is 162 g/mol. The van der Waals surface area contributed by atoms with Crippen LogP contribution in [-0.2, 0) is 6.42 Å². The van der Waals surface area contributed by atoms with Crippen molar-refractivity contribution >= 4 is 0 Å². The first-order chi connectivity index (χ1) is 5.73. The van der Waals surface area contributed by atoms with Gasteiger partial charge in [-0.2, -0.15) is 0 Å². The molecule has 1 heteroatoms. The molecule has 1 unspecified atom stereocenters. The summed E-state index contributed by atoms with van der Waals surface area (Å²) in [4.78, 5) is 0. The van der Waals surface area contributed by atoms with E-state index in [4.69, 9.17) is 4.74 Å². The summed E-state index contributed by atoms with van der Waals surface area (Å²) in [5.41, 5.74) is 1.39. The minimum atomic E-state index is 0.0453. The van der Waals surface area contributed by atoms with Crippen molar-refractivity contribution in [2.45, 2.75) is 32.3 Å². The zero-order valence-corrected chi connectivity index (χ0v) is 7.63. The molecule has 0 aromatic heterocycles. The van der Waals surface area contributed by atoms with Crippen LogP contribution in [0.4, 0.5) is 0 Å². The van der Waals surface area contributed by atoms with Crippen molar-refractivity contribution in [3.05, 3.63) is 29.8 Å². The number of hydrogen-bond acceptors (Lipinski definition) is 1. The number of hydrogen-bond donors (Lipinski definition) is 0. The number of rotatable bonds is 1. The van der Waals surface area contributed by atoms with E-state index in [1.165, 1.54) is 5.56 Å². The van der Waals surface area contributed by atoms with E-state index in [2.05, 4.69) is 32.0 Å². The third-order valence-electron chi connectivity index (χ3n) is 2.64. The highest BCUT2D eigenvalue weighted by molar-refractivity contribution is 5.38. The molecule has 0 radical (unpaired) electrons. The third kappa shape index (κ3) is 1.09. The molecule has 1 aliphatic rings. The summed E-state index contributed by atoms with van der Waals surface area (Å²) < 4.78 is 5.84. The molecule has 0 saturated heterocycles. The molecule has 1 nitrogen and oxygen atoms in total.